The fourth-order valence-electron chi connectivity index (χ4n) is 18.5. The van der Waals surface area contributed by atoms with Gasteiger partial charge in [-0.2, -0.15) is 0 Å². The number of carboxylic acids is 1. The standard InChI is InChI=1S/C28H37N5O4S.C27H30N4O.C27H30N4S.C25H26N4OS/c1-20-17-21-5-2-9-29-25(21)26(27(20)37-16-3-6-24(35)36)32-11-4-10-31(14-15-32)18-22-19-38-28(30-22)33-12-7-23(34)8-13-33;2*1-20(2)23-16-22-10-6-11-28-26(22)25(17-23)31-13-7-12-30(14-15-31)18-24-19-32-27(29-24)21-8-4-3-5-9-21;1-30-22-11-10-19-9-5-12-26-23(19)24(22)29-14-6-13-28(15-16-29)17-21-18-31-25(27-21)20-7-3-2-4-8-20/h2,5,9,17,19,23,34H,3-4,6-8,10-16,18H2,1H3,(H,35,36);2*3-6,8-11,16-17,19-20H,7,12-15,18H2,1-2H3;2-5,7-12,18H,6,13-17H2,1H3. The number of oxazole rings is 1. The van der Waals surface area contributed by atoms with Gasteiger partial charge >= 0.3 is 5.97 Å². The first-order chi connectivity index (χ1) is 65.1. The second kappa shape index (κ2) is 45.3. The number of rotatable bonds is 24. The van der Waals surface area contributed by atoms with Gasteiger partial charge in [-0.1, -0.05) is 131 Å². The van der Waals surface area contributed by atoms with Crippen molar-refractivity contribution in [3.8, 4) is 44.1 Å². The summed E-state index contributed by atoms with van der Waals surface area (Å²) >= 11 is 5.17. The SMILES string of the molecule is CC(C)c1cc(N2CCCN(Cc3coc(-c4ccccc4)n3)CC2)c2ncccc2c1.CC(C)c1cc(N2CCCN(Cc3csc(-c4ccccc4)n3)CC2)c2ncccc2c1.COc1ccc2cccnc2c1N1CCCN(Cc2csc(-c3ccccc3)n2)CC1.Cc1cc2cccnc2c(N2CCCN(Cc3csc(N4CCC(O)CC4)n3)CC2)c1OCCCC(=O)O. The van der Waals surface area contributed by atoms with E-state index in [1.165, 1.54) is 50.1 Å². The zero-order valence-corrected chi connectivity index (χ0v) is 79.9. The van der Waals surface area contributed by atoms with E-state index >= 15 is 0 Å². The number of aliphatic carboxylic acids is 1. The third-order valence-electron chi connectivity index (χ3n) is 25.7. The molecule has 26 heteroatoms. The minimum atomic E-state index is -0.805. The number of aryl methyl sites for hydroxylation is 1. The van der Waals surface area contributed by atoms with E-state index in [1.54, 1.807) is 47.4 Å². The van der Waals surface area contributed by atoms with E-state index in [1.807, 2.05) is 85.5 Å². The first-order valence-electron chi connectivity index (χ1n) is 47.3. The summed E-state index contributed by atoms with van der Waals surface area (Å²) in [5.41, 5.74) is 20.5. The molecule has 0 bridgehead atoms. The predicted molar refractivity (Wildman–Crippen MR) is 544 cm³/mol. The number of thiazole rings is 3. The number of methoxy groups -OCH3 is 1. The maximum Gasteiger partial charge on any atom is 0.303 e. The van der Waals surface area contributed by atoms with Crippen molar-refractivity contribution in [3.63, 3.8) is 0 Å². The summed E-state index contributed by atoms with van der Waals surface area (Å²) in [6.07, 6.45) is 15.7. The van der Waals surface area contributed by atoms with Gasteiger partial charge in [0.05, 0.1) is 76.0 Å². The van der Waals surface area contributed by atoms with Crippen molar-refractivity contribution in [2.75, 3.05) is 156 Å². The number of aromatic nitrogens is 8. The third kappa shape index (κ3) is 24.0. The summed E-state index contributed by atoms with van der Waals surface area (Å²) in [5, 5.41) is 33.4. The van der Waals surface area contributed by atoms with Crippen LogP contribution in [0.2, 0.25) is 0 Å². The molecule has 13 heterocycles. The van der Waals surface area contributed by atoms with E-state index in [2.05, 4.69) is 221 Å². The number of piperidine rings is 1. The van der Waals surface area contributed by atoms with Crippen molar-refractivity contribution >= 4 is 111 Å². The Bertz CT molecular complexity index is 6100. The van der Waals surface area contributed by atoms with Gasteiger partial charge in [-0.3, -0.25) is 44.3 Å². The van der Waals surface area contributed by atoms with Gasteiger partial charge < -0.3 is 48.6 Å². The Morgan fingerprint density at radius 1 is 0.436 bits per heavy atom. The molecule has 0 spiro atoms. The maximum absolute atomic E-state index is 11.0. The zero-order valence-electron chi connectivity index (χ0n) is 77.4. The summed E-state index contributed by atoms with van der Waals surface area (Å²) in [4.78, 5) is 71.4. The van der Waals surface area contributed by atoms with Crippen LogP contribution in [0.3, 0.4) is 0 Å². The van der Waals surface area contributed by atoms with Crippen molar-refractivity contribution in [1.29, 1.82) is 0 Å². The molecule has 5 aliphatic heterocycles. The van der Waals surface area contributed by atoms with Gasteiger partial charge in [0.15, 0.2) is 5.13 Å². The molecule has 5 fully saturated rings. The molecule has 7 aromatic carbocycles. The summed E-state index contributed by atoms with van der Waals surface area (Å²) < 4.78 is 17.7. The number of nitrogens with zero attached hydrogens (tertiary/aromatic N) is 17. The molecule has 5 saturated heterocycles. The van der Waals surface area contributed by atoms with Crippen LogP contribution in [-0.4, -0.2) is 213 Å². The highest BCUT2D eigenvalue weighted by Gasteiger charge is 2.29. The number of hydrogen-bond acceptors (Lipinski definition) is 25. The minimum absolute atomic E-state index is 0.0942. The highest BCUT2D eigenvalue weighted by Crippen LogP contribution is 2.42. The van der Waals surface area contributed by atoms with Crippen LogP contribution in [0.15, 0.2) is 234 Å². The fourth-order valence-corrected chi connectivity index (χ4v) is 21.0. The maximum atomic E-state index is 11.0. The van der Waals surface area contributed by atoms with Crippen LogP contribution in [-0.2, 0) is 31.0 Å². The van der Waals surface area contributed by atoms with Gasteiger partial charge in [-0.25, -0.2) is 19.9 Å². The molecule has 20 rings (SSSR count). The van der Waals surface area contributed by atoms with Gasteiger partial charge in [-0.15, -0.1) is 34.0 Å². The summed E-state index contributed by atoms with van der Waals surface area (Å²) in [5.74, 6) is 2.59. The van der Waals surface area contributed by atoms with Gasteiger partial charge in [0, 0.05) is 230 Å². The van der Waals surface area contributed by atoms with Crippen LogP contribution in [0.5, 0.6) is 11.5 Å². The molecule has 5 aliphatic rings. The lowest BCUT2D eigenvalue weighted by Gasteiger charge is -2.29. The largest absolute Gasteiger partial charge is 0.494 e. The Hall–Kier alpha value is -11.9. The van der Waals surface area contributed by atoms with Crippen molar-refractivity contribution in [3.05, 3.63) is 269 Å². The Morgan fingerprint density at radius 3 is 1.37 bits per heavy atom. The van der Waals surface area contributed by atoms with E-state index in [-0.39, 0.29) is 12.5 Å². The highest BCUT2D eigenvalue weighted by atomic mass is 32.1. The van der Waals surface area contributed by atoms with E-state index in [4.69, 9.17) is 53.9 Å². The highest BCUT2D eigenvalue weighted by molar-refractivity contribution is 7.14. The van der Waals surface area contributed by atoms with Gasteiger partial charge in [0.25, 0.3) is 0 Å². The first kappa shape index (κ1) is 93.0. The second-order valence-electron chi connectivity index (χ2n) is 35.9. The lowest BCUT2D eigenvalue weighted by atomic mass is 9.99. The lowest BCUT2D eigenvalue weighted by molar-refractivity contribution is -0.137. The van der Waals surface area contributed by atoms with Crippen LogP contribution in [0, 0.1) is 6.92 Å². The minimum Gasteiger partial charge on any atom is -0.494 e. The molecule has 0 amide bonds. The van der Waals surface area contributed by atoms with Crippen LogP contribution < -0.4 is 34.0 Å². The smallest absolute Gasteiger partial charge is 0.303 e. The molecular weight excluding hydrogens is 1720 g/mol. The van der Waals surface area contributed by atoms with Crippen molar-refractivity contribution < 1.29 is 28.9 Å². The normalized spacial score (nSPS) is 16.0. The number of carboxylic acid groups (broad SMARTS) is 1. The predicted octanol–water partition coefficient (Wildman–Crippen LogP) is 20.9. The number of ether oxygens (including phenoxy) is 2. The lowest BCUT2D eigenvalue weighted by Crippen LogP contribution is -2.35. The molecule has 0 radical (unpaired) electrons. The Morgan fingerprint density at radius 2 is 0.872 bits per heavy atom. The van der Waals surface area contributed by atoms with Crippen molar-refractivity contribution in [2.24, 2.45) is 0 Å². The van der Waals surface area contributed by atoms with E-state index in [0.717, 1.165) is 282 Å². The molecule has 133 heavy (non-hydrogen) atoms. The monoisotopic (exact) mass is 1840 g/mol. The molecule has 15 aromatic rings. The molecule has 0 saturated carbocycles. The van der Waals surface area contributed by atoms with Gasteiger partial charge in [-0.05, 0) is 159 Å². The number of carbonyl (C=O) groups is 1. The molecule has 0 unspecified atom stereocenters. The molecule has 0 aliphatic carbocycles. The van der Waals surface area contributed by atoms with Crippen LogP contribution >= 0.6 is 34.0 Å². The Labute approximate surface area is 793 Å². The summed E-state index contributed by atoms with van der Waals surface area (Å²) in [6.45, 7) is 32.6. The number of aliphatic hydroxyl groups is 1. The van der Waals surface area contributed by atoms with E-state index in [0.29, 0.717) is 30.8 Å². The number of aliphatic hydroxyl groups excluding tert-OH is 1. The van der Waals surface area contributed by atoms with Crippen LogP contribution in [0.25, 0.3) is 76.2 Å². The summed E-state index contributed by atoms with van der Waals surface area (Å²) in [7, 11) is 1.74. The van der Waals surface area contributed by atoms with Crippen LogP contribution in [0.4, 0.5) is 27.9 Å². The number of hydrogen-bond donors (Lipinski definition) is 2. The van der Waals surface area contributed by atoms with Crippen LogP contribution in [0.1, 0.15) is 130 Å². The Balaban J connectivity index is 0.000000124. The average Bonchev–Trinajstić information content (AvgIpc) is 1.67. The zero-order chi connectivity index (χ0) is 91.4. The molecule has 0 atom stereocenters. The molecule has 8 aromatic heterocycles. The van der Waals surface area contributed by atoms with Gasteiger partial charge in [0.1, 0.15) is 39.2 Å². The van der Waals surface area contributed by atoms with Gasteiger partial charge in [0.2, 0.25) is 5.89 Å². The molecule has 690 valence electrons. The average molecular weight is 1840 g/mol. The quantitative estimate of drug-likeness (QED) is 0.0537. The number of anilines is 5. The summed E-state index contributed by atoms with van der Waals surface area (Å²) in [6, 6.07) is 63.1. The van der Waals surface area contributed by atoms with E-state index < -0.39 is 5.97 Å². The second-order valence-corrected chi connectivity index (χ2v) is 38.4. The molecule has 23 nitrogen and oxygen atoms in total. The fraction of sp³-hybridized carbons (Fsp3) is 0.374. The Kier molecular flexibility index (Phi) is 31.6. The number of benzene rings is 7. The topological polar surface area (TPSA) is 221 Å². The van der Waals surface area contributed by atoms with Crippen molar-refractivity contribution in [1.82, 2.24) is 59.5 Å². The first-order valence-corrected chi connectivity index (χ1v) is 50.0. The number of fused-ring (bicyclic) bond motifs is 4. The van der Waals surface area contributed by atoms with E-state index in [9.17, 15) is 9.90 Å². The molecular formula is C107H123N17O6S3. The third-order valence-corrected chi connectivity index (χ3v) is 28.5. The van der Waals surface area contributed by atoms with Crippen molar-refractivity contribution in [2.45, 2.75) is 130 Å². The number of pyridine rings is 4. The molecule has 2 N–H and O–H groups in total.